The van der Waals surface area contributed by atoms with Gasteiger partial charge in [-0.15, -0.1) is 0 Å². The number of methoxy groups -OCH3 is 2. The lowest BCUT2D eigenvalue weighted by atomic mass is 9.85. The average molecular weight is 350 g/mol. The fraction of sp³-hybridized carbons (Fsp3) is 0.600. The summed E-state index contributed by atoms with van der Waals surface area (Å²) in [6.45, 7) is 5.72. The molecule has 1 aromatic carbocycles. The van der Waals surface area contributed by atoms with E-state index in [2.05, 4.69) is 6.92 Å². The number of Topliss-reactive ketones (excluding diaryl/α,β-unsaturated/α-hetero) is 1. The van der Waals surface area contributed by atoms with Gasteiger partial charge in [0.15, 0.2) is 0 Å². The first-order valence-corrected chi connectivity index (χ1v) is 8.77. The monoisotopic (exact) mass is 350 g/mol. The van der Waals surface area contributed by atoms with E-state index in [0.717, 1.165) is 24.2 Å². The third kappa shape index (κ3) is 6.50. The molecule has 0 aromatic heterocycles. The molecule has 0 heterocycles. The highest BCUT2D eigenvalue weighted by Gasteiger charge is 2.35. The van der Waals surface area contributed by atoms with Gasteiger partial charge in [0.2, 0.25) is 0 Å². The number of esters is 1. The summed E-state index contributed by atoms with van der Waals surface area (Å²) in [6, 6.07) is 7.54. The van der Waals surface area contributed by atoms with Gasteiger partial charge in [0, 0.05) is 5.92 Å². The first kappa shape index (κ1) is 21.2. The Morgan fingerprint density at radius 2 is 1.76 bits per heavy atom. The Bertz CT molecular complexity index is 538. The van der Waals surface area contributed by atoms with Crippen LogP contribution in [0.25, 0.3) is 0 Å². The lowest BCUT2D eigenvalue weighted by Crippen LogP contribution is -2.39. The van der Waals surface area contributed by atoms with Crippen LogP contribution in [0.2, 0.25) is 0 Å². The van der Waals surface area contributed by atoms with E-state index in [1.165, 1.54) is 7.11 Å². The maximum absolute atomic E-state index is 12.2. The Labute approximate surface area is 150 Å². The lowest BCUT2D eigenvalue weighted by molar-refractivity contribution is -0.154. The van der Waals surface area contributed by atoms with Crippen LogP contribution in [0.4, 0.5) is 0 Å². The molecular weight excluding hydrogens is 320 g/mol. The quantitative estimate of drug-likeness (QED) is 0.568. The molecule has 0 fully saturated rings. The van der Waals surface area contributed by atoms with E-state index in [1.807, 2.05) is 24.3 Å². The summed E-state index contributed by atoms with van der Waals surface area (Å²) in [5, 5.41) is 0. The number of ether oxygens (including phenoxy) is 3. The third-order valence-corrected chi connectivity index (χ3v) is 4.45. The van der Waals surface area contributed by atoms with Crippen molar-refractivity contribution in [3.05, 3.63) is 29.8 Å². The van der Waals surface area contributed by atoms with Crippen LogP contribution in [0.15, 0.2) is 24.3 Å². The molecule has 0 saturated carbocycles. The van der Waals surface area contributed by atoms with Crippen molar-refractivity contribution in [2.45, 2.75) is 52.7 Å². The molecule has 25 heavy (non-hydrogen) atoms. The van der Waals surface area contributed by atoms with Crippen LogP contribution in [0.3, 0.4) is 0 Å². The summed E-state index contributed by atoms with van der Waals surface area (Å²) in [4.78, 5) is 24.2. The van der Waals surface area contributed by atoms with Crippen molar-refractivity contribution in [3.63, 3.8) is 0 Å². The van der Waals surface area contributed by atoms with E-state index in [-0.39, 0.29) is 17.7 Å². The normalized spacial score (nSPS) is 14.4. The molecule has 0 spiro atoms. The number of benzene rings is 1. The molecule has 0 radical (unpaired) electrons. The number of ketones is 1. The van der Waals surface area contributed by atoms with Gasteiger partial charge in [0.25, 0.3) is 0 Å². The molecule has 0 aliphatic carbocycles. The molecule has 0 aliphatic rings. The molecule has 0 unspecified atom stereocenters. The van der Waals surface area contributed by atoms with Gasteiger partial charge in [-0.25, -0.2) is 0 Å². The predicted molar refractivity (Wildman–Crippen MR) is 96.4 cm³/mol. The number of carbonyl (C=O) groups excluding carboxylic acids is 2. The predicted octanol–water partition coefficient (Wildman–Crippen LogP) is 3.78. The number of rotatable bonds is 11. The van der Waals surface area contributed by atoms with E-state index < -0.39 is 12.0 Å². The number of hydrogen-bond donors (Lipinski definition) is 0. The zero-order valence-electron chi connectivity index (χ0n) is 15.9. The van der Waals surface area contributed by atoms with Crippen LogP contribution >= 0.6 is 0 Å². The van der Waals surface area contributed by atoms with Crippen molar-refractivity contribution in [2.75, 3.05) is 14.2 Å². The molecule has 140 valence electrons. The first-order chi connectivity index (χ1) is 11.9. The number of carbonyl (C=O) groups is 2. The highest BCUT2D eigenvalue weighted by atomic mass is 16.5. The van der Waals surface area contributed by atoms with E-state index in [0.29, 0.717) is 13.0 Å². The van der Waals surface area contributed by atoms with Crippen LogP contribution in [0, 0.1) is 11.8 Å². The standard InChI is InChI=1S/C20H30O5/c1-6-7-8-18(15(3)21)19(14(2)20(22)24-5)25-13-16-9-11-17(23-4)12-10-16/h9-12,14,18-19H,6-8,13H2,1-5H3/t14-,18+,19-/m1/s1. The van der Waals surface area contributed by atoms with Crippen molar-refractivity contribution in [2.24, 2.45) is 11.8 Å². The van der Waals surface area contributed by atoms with Crippen LogP contribution in [-0.4, -0.2) is 32.1 Å². The average Bonchev–Trinajstić information content (AvgIpc) is 2.63. The molecule has 5 nitrogen and oxygen atoms in total. The Balaban J connectivity index is 2.91. The zero-order valence-corrected chi connectivity index (χ0v) is 15.9. The van der Waals surface area contributed by atoms with E-state index >= 15 is 0 Å². The maximum Gasteiger partial charge on any atom is 0.311 e. The van der Waals surface area contributed by atoms with Crippen molar-refractivity contribution in [1.29, 1.82) is 0 Å². The summed E-state index contributed by atoms with van der Waals surface area (Å²) in [7, 11) is 2.97. The van der Waals surface area contributed by atoms with Crippen molar-refractivity contribution in [3.8, 4) is 5.75 Å². The molecule has 1 aromatic rings. The van der Waals surface area contributed by atoms with Gasteiger partial charge in [-0.2, -0.15) is 0 Å². The minimum atomic E-state index is -0.506. The molecule has 1 rings (SSSR count). The SMILES string of the molecule is CCCC[C@@H](C(C)=O)[C@H](OCc1ccc(OC)cc1)[C@@H](C)C(=O)OC. The summed E-state index contributed by atoms with van der Waals surface area (Å²) < 4.78 is 16.1. The molecule has 5 heteroatoms. The molecular formula is C20H30O5. The maximum atomic E-state index is 12.2. The second-order valence-electron chi connectivity index (χ2n) is 6.29. The minimum absolute atomic E-state index is 0.0453. The third-order valence-electron chi connectivity index (χ3n) is 4.45. The zero-order chi connectivity index (χ0) is 18.8. The van der Waals surface area contributed by atoms with Crippen molar-refractivity contribution < 1.29 is 23.8 Å². The van der Waals surface area contributed by atoms with Gasteiger partial charge in [-0.05, 0) is 38.0 Å². The van der Waals surface area contributed by atoms with Crippen molar-refractivity contribution >= 4 is 11.8 Å². The van der Waals surface area contributed by atoms with E-state index in [1.54, 1.807) is 21.0 Å². The number of hydrogen-bond acceptors (Lipinski definition) is 5. The van der Waals surface area contributed by atoms with Gasteiger partial charge in [-0.1, -0.05) is 31.9 Å². The van der Waals surface area contributed by atoms with Gasteiger partial charge >= 0.3 is 5.97 Å². The largest absolute Gasteiger partial charge is 0.497 e. The molecule has 0 saturated heterocycles. The van der Waals surface area contributed by atoms with E-state index in [9.17, 15) is 9.59 Å². The summed E-state index contributed by atoms with van der Waals surface area (Å²) in [5.41, 5.74) is 0.959. The molecule has 0 aliphatic heterocycles. The van der Waals surface area contributed by atoms with Gasteiger partial charge in [0.05, 0.1) is 32.8 Å². The van der Waals surface area contributed by atoms with Crippen LogP contribution in [0.5, 0.6) is 5.75 Å². The topological polar surface area (TPSA) is 61.8 Å². The van der Waals surface area contributed by atoms with Crippen LogP contribution in [-0.2, 0) is 25.7 Å². The fourth-order valence-electron chi connectivity index (χ4n) is 2.87. The smallest absolute Gasteiger partial charge is 0.311 e. The highest BCUT2D eigenvalue weighted by molar-refractivity contribution is 5.80. The Hall–Kier alpha value is -1.88. The molecule has 0 N–H and O–H groups in total. The summed E-state index contributed by atoms with van der Waals surface area (Å²) >= 11 is 0. The minimum Gasteiger partial charge on any atom is -0.497 e. The van der Waals surface area contributed by atoms with Crippen LogP contribution in [0.1, 0.15) is 45.6 Å². The summed E-state index contributed by atoms with van der Waals surface area (Å²) in [5.74, 6) is -0.361. The summed E-state index contributed by atoms with van der Waals surface area (Å²) in [6.07, 6.45) is 2.11. The number of unbranched alkanes of at least 4 members (excludes halogenated alkanes) is 1. The molecule has 3 atom stereocenters. The highest BCUT2D eigenvalue weighted by Crippen LogP contribution is 2.26. The van der Waals surface area contributed by atoms with E-state index in [4.69, 9.17) is 14.2 Å². The second kappa shape index (κ2) is 10.9. The van der Waals surface area contributed by atoms with Gasteiger partial charge < -0.3 is 14.2 Å². The van der Waals surface area contributed by atoms with Crippen LogP contribution < -0.4 is 4.74 Å². The molecule has 0 bridgehead atoms. The second-order valence-corrected chi connectivity index (χ2v) is 6.29. The Morgan fingerprint density at radius 1 is 1.12 bits per heavy atom. The Kier molecular flexibility index (Phi) is 9.21. The van der Waals surface area contributed by atoms with Crippen molar-refractivity contribution in [1.82, 2.24) is 0 Å². The fourth-order valence-corrected chi connectivity index (χ4v) is 2.87. The lowest BCUT2D eigenvalue weighted by Gasteiger charge is -2.29. The van der Waals surface area contributed by atoms with Gasteiger partial charge in [-0.3, -0.25) is 9.59 Å². The van der Waals surface area contributed by atoms with Gasteiger partial charge in [0.1, 0.15) is 11.5 Å². The Morgan fingerprint density at radius 3 is 2.24 bits per heavy atom. The molecule has 0 amide bonds. The first-order valence-electron chi connectivity index (χ1n) is 8.77.